The van der Waals surface area contributed by atoms with Crippen LogP contribution in [0, 0.1) is 0 Å². The molecule has 0 amide bonds. The first kappa shape index (κ1) is 17.3. The van der Waals surface area contributed by atoms with Gasteiger partial charge in [0.05, 0.1) is 0 Å². The number of hydrogen-bond acceptors (Lipinski definition) is 2. The Bertz CT molecular complexity index is 67.5. The summed E-state index contributed by atoms with van der Waals surface area (Å²) in [5.41, 5.74) is 0. The monoisotopic (exact) mass is 180 g/mol. The van der Waals surface area contributed by atoms with Gasteiger partial charge in [0.1, 0.15) is 0 Å². The number of hydrogen-bond donors (Lipinski definition) is 0. The van der Waals surface area contributed by atoms with Crippen LogP contribution in [0.15, 0.2) is 24.6 Å². The van der Waals surface area contributed by atoms with Crippen LogP contribution in [0.4, 0.5) is 0 Å². The van der Waals surface area contributed by atoms with Gasteiger partial charge >= 0.3 is 59.1 Å². The van der Waals surface area contributed by atoms with Crippen LogP contribution < -0.4 is 59.1 Å². The van der Waals surface area contributed by atoms with E-state index in [9.17, 15) is 0 Å². The van der Waals surface area contributed by atoms with Crippen molar-refractivity contribution in [3.05, 3.63) is 24.6 Å². The SMILES string of the molecule is C1=CSSC1.C=C.[H-].[H-].[Na+].[Na+]. The van der Waals surface area contributed by atoms with Crippen LogP contribution in [0.2, 0.25) is 0 Å². The van der Waals surface area contributed by atoms with Crippen LogP contribution in [0.25, 0.3) is 0 Å². The Morgan fingerprint density at radius 3 is 2.00 bits per heavy atom. The molecule has 1 aliphatic rings. The molecular weight excluding hydrogens is 170 g/mol. The van der Waals surface area contributed by atoms with Crippen molar-refractivity contribution >= 4 is 21.6 Å². The zero-order valence-electron chi connectivity index (χ0n) is 8.09. The Hall–Kier alpha value is 2.18. The van der Waals surface area contributed by atoms with Gasteiger partial charge in [-0.1, -0.05) is 27.7 Å². The second-order valence-electron chi connectivity index (χ2n) is 0.753. The Balaban J connectivity index is -0.0000000189. The standard InChI is InChI=1S/C3H4S2.C2H4.2Na.2H/c1-2-4-5-3-1;1-2;;;;/h1-2H,3H2;1-2H2;;;;/q;;2*+1;2*-1. The minimum atomic E-state index is 0. The van der Waals surface area contributed by atoms with Crippen molar-refractivity contribution in [1.29, 1.82) is 0 Å². The van der Waals surface area contributed by atoms with E-state index in [1.165, 1.54) is 5.75 Å². The van der Waals surface area contributed by atoms with Crippen LogP contribution in [-0.4, -0.2) is 5.75 Å². The molecule has 0 N–H and O–H groups in total. The van der Waals surface area contributed by atoms with Gasteiger partial charge in [-0.3, -0.25) is 0 Å². The van der Waals surface area contributed by atoms with E-state index in [0.717, 1.165) is 0 Å². The van der Waals surface area contributed by atoms with Crippen molar-refractivity contribution in [3.63, 3.8) is 0 Å². The molecule has 1 heterocycles. The molecule has 0 fully saturated rings. The third-order valence-electron chi connectivity index (χ3n) is 0.384. The van der Waals surface area contributed by atoms with Gasteiger partial charge in [0.15, 0.2) is 0 Å². The molecule has 0 saturated carbocycles. The van der Waals surface area contributed by atoms with Crippen LogP contribution >= 0.6 is 21.6 Å². The van der Waals surface area contributed by atoms with E-state index in [1.54, 1.807) is 0 Å². The summed E-state index contributed by atoms with van der Waals surface area (Å²) in [6.45, 7) is 6.00. The van der Waals surface area contributed by atoms with Crippen molar-refractivity contribution in [2.75, 3.05) is 5.75 Å². The summed E-state index contributed by atoms with van der Waals surface area (Å²) >= 11 is 0. The fourth-order valence-electron chi connectivity index (χ4n) is 0.196. The maximum absolute atomic E-state index is 3.00. The quantitative estimate of drug-likeness (QED) is 0.220. The maximum atomic E-state index is 3.00. The third-order valence-corrected chi connectivity index (χ3v) is 2.30. The van der Waals surface area contributed by atoms with E-state index in [1.807, 2.05) is 21.6 Å². The second kappa shape index (κ2) is 16.6. The smallest absolute Gasteiger partial charge is 1.00 e. The molecule has 1 aliphatic heterocycles. The third kappa shape index (κ3) is 13.2. The average Bonchev–Trinajstić information content (AvgIpc) is 2.23. The Morgan fingerprint density at radius 1 is 1.33 bits per heavy atom. The second-order valence-corrected chi connectivity index (χ2v) is 3.07. The summed E-state index contributed by atoms with van der Waals surface area (Å²) in [4.78, 5) is 0. The maximum Gasteiger partial charge on any atom is 1.00 e. The average molecular weight is 180 g/mol. The fourth-order valence-corrected chi connectivity index (χ4v) is 1.77. The van der Waals surface area contributed by atoms with Crippen molar-refractivity contribution in [1.82, 2.24) is 0 Å². The first-order chi connectivity index (χ1) is 3.50. The van der Waals surface area contributed by atoms with Crippen molar-refractivity contribution in [3.8, 4) is 0 Å². The summed E-state index contributed by atoms with van der Waals surface area (Å²) in [5.74, 6) is 1.20. The van der Waals surface area contributed by atoms with Crippen molar-refractivity contribution < 1.29 is 62.0 Å². The van der Waals surface area contributed by atoms with Crippen LogP contribution in [0.5, 0.6) is 0 Å². The zero-order chi connectivity index (χ0) is 5.54. The van der Waals surface area contributed by atoms with Gasteiger partial charge < -0.3 is 2.85 Å². The molecule has 0 unspecified atom stereocenters. The van der Waals surface area contributed by atoms with Gasteiger partial charge in [-0.2, -0.15) is 0 Å². The first-order valence-corrected chi connectivity index (χ1v) is 4.31. The molecule has 0 aromatic heterocycles. The zero-order valence-corrected chi connectivity index (χ0v) is 11.7. The van der Waals surface area contributed by atoms with E-state index < -0.39 is 0 Å². The molecule has 0 aliphatic carbocycles. The van der Waals surface area contributed by atoms with Gasteiger partial charge in [0, 0.05) is 5.75 Å². The normalized spacial score (nSPS) is 12.0. The largest absolute Gasteiger partial charge is 1.00 e. The summed E-state index contributed by atoms with van der Waals surface area (Å²) in [6, 6.07) is 0. The molecule has 0 aromatic rings. The summed E-state index contributed by atoms with van der Waals surface area (Å²) in [6.07, 6.45) is 2.16. The van der Waals surface area contributed by atoms with Gasteiger partial charge in [-0.05, 0) is 5.41 Å². The Kier molecular flexibility index (Phi) is 32.0. The number of rotatable bonds is 0. The minimum absolute atomic E-state index is 0. The predicted molar refractivity (Wildman–Crippen MR) is 42.7 cm³/mol. The molecule has 0 saturated heterocycles. The molecule has 0 atom stereocenters. The molecule has 44 valence electrons. The minimum Gasteiger partial charge on any atom is -1.00 e. The molecule has 9 heavy (non-hydrogen) atoms. The van der Waals surface area contributed by atoms with E-state index in [4.69, 9.17) is 0 Å². The molecule has 0 aromatic carbocycles. The molecule has 1 rings (SSSR count). The van der Waals surface area contributed by atoms with Crippen LogP contribution in [0.3, 0.4) is 0 Å². The molecule has 0 radical (unpaired) electrons. The van der Waals surface area contributed by atoms with E-state index in [-0.39, 0.29) is 62.0 Å². The summed E-state index contributed by atoms with van der Waals surface area (Å²) in [7, 11) is 3.69. The van der Waals surface area contributed by atoms with Gasteiger partial charge in [0.2, 0.25) is 0 Å². The Morgan fingerprint density at radius 2 is 1.89 bits per heavy atom. The summed E-state index contributed by atoms with van der Waals surface area (Å²) in [5, 5.41) is 2.12. The van der Waals surface area contributed by atoms with E-state index in [0.29, 0.717) is 0 Å². The molecule has 4 heteroatoms. The first-order valence-electron chi connectivity index (χ1n) is 1.93. The van der Waals surface area contributed by atoms with Gasteiger partial charge in [0.25, 0.3) is 0 Å². The fraction of sp³-hybridized carbons (Fsp3) is 0.200. The van der Waals surface area contributed by atoms with Crippen molar-refractivity contribution in [2.45, 2.75) is 0 Å². The van der Waals surface area contributed by atoms with E-state index >= 15 is 0 Å². The van der Waals surface area contributed by atoms with E-state index in [2.05, 4.69) is 24.6 Å². The Labute approximate surface area is 112 Å². The van der Waals surface area contributed by atoms with Crippen LogP contribution in [0.1, 0.15) is 2.85 Å². The van der Waals surface area contributed by atoms with Crippen LogP contribution in [-0.2, 0) is 0 Å². The van der Waals surface area contributed by atoms with Gasteiger partial charge in [-0.25, -0.2) is 0 Å². The molecule has 0 bridgehead atoms. The summed E-state index contributed by atoms with van der Waals surface area (Å²) < 4.78 is 0. The molecular formula is C5H10Na2S2. The molecule has 0 spiro atoms. The predicted octanol–water partition coefficient (Wildman–Crippen LogP) is -3.07. The van der Waals surface area contributed by atoms with Gasteiger partial charge in [-0.15, -0.1) is 13.2 Å². The molecule has 0 nitrogen and oxygen atoms in total. The van der Waals surface area contributed by atoms with Crippen molar-refractivity contribution in [2.24, 2.45) is 0 Å². The topological polar surface area (TPSA) is 0 Å².